The van der Waals surface area contributed by atoms with E-state index in [1.165, 1.54) is 61.5 Å². The molecule has 6 atom stereocenters. The van der Waals surface area contributed by atoms with Crippen molar-refractivity contribution in [3.05, 3.63) is 128 Å². The number of benzene rings is 3. The number of anilines is 2. The largest absolute Gasteiger partial charge is 0.508 e. The first-order valence-electron chi connectivity index (χ1n) is 17.3. The Labute approximate surface area is 331 Å². The number of amides is 4. The van der Waals surface area contributed by atoms with Gasteiger partial charge in [0.1, 0.15) is 5.75 Å². The maximum atomic E-state index is 15.3. The highest BCUT2D eigenvalue weighted by atomic mass is 35.5. The van der Waals surface area contributed by atoms with Crippen LogP contribution in [0.3, 0.4) is 0 Å². The average Bonchev–Trinajstić information content (AvgIpc) is 3.54. The zero-order valence-electron chi connectivity index (χ0n) is 29.0. The summed E-state index contributed by atoms with van der Waals surface area (Å²) in [5.74, 6) is -8.64. The Balaban J connectivity index is 1.30. The number of ketones is 1. The molecule has 10 nitrogen and oxygen atoms in total. The number of hydrogen-bond donors (Lipinski definition) is 2. The second kappa shape index (κ2) is 13.5. The van der Waals surface area contributed by atoms with Gasteiger partial charge in [-0.15, -0.1) is 0 Å². The van der Waals surface area contributed by atoms with Crippen molar-refractivity contribution in [3.8, 4) is 5.75 Å². The fourth-order valence-corrected chi connectivity index (χ4v) is 9.50. The number of rotatable bonds is 6. The summed E-state index contributed by atoms with van der Waals surface area (Å²) in [5, 5.41) is 12.2. The van der Waals surface area contributed by atoms with E-state index in [4.69, 9.17) is 34.8 Å². The van der Waals surface area contributed by atoms with Crippen molar-refractivity contribution in [2.24, 2.45) is 23.7 Å². The molecule has 2 saturated heterocycles. The van der Waals surface area contributed by atoms with Crippen LogP contribution in [-0.4, -0.2) is 44.5 Å². The number of aromatic hydroxyl groups is 1. The van der Waals surface area contributed by atoms with Gasteiger partial charge in [-0.2, -0.15) is 18.2 Å². The number of aromatic nitrogens is 1. The number of carbonyl (C=O) groups excluding carboxylic acids is 5. The van der Waals surface area contributed by atoms with Gasteiger partial charge in [-0.1, -0.05) is 58.6 Å². The Morgan fingerprint density at radius 1 is 0.893 bits per heavy atom. The minimum Gasteiger partial charge on any atom is -0.508 e. The monoisotopic (exact) mass is 822 g/mol. The number of carbonyl (C=O) groups is 5. The molecule has 0 bridgehead atoms. The van der Waals surface area contributed by atoms with E-state index in [1.807, 2.05) is 0 Å². The summed E-state index contributed by atoms with van der Waals surface area (Å²) in [5.41, 5.74) is 1.19. The lowest BCUT2D eigenvalue weighted by atomic mass is 9.49. The fraction of sp³-hybridized carbons (Fsp3) is 0.250. The number of hydrogen-bond acceptors (Lipinski definition) is 8. The number of fused-ring (bicyclic) bond motifs is 4. The van der Waals surface area contributed by atoms with Crippen LogP contribution in [0, 0.1) is 23.7 Å². The minimum absolute atomic E-state index is 0.0808. The Morgan fingerprint density at radius 3 is 2.21 bits per heavy atom. The number of alkyl halides is 3. The van der Waals surface area contributed by atoms with Gasteiger partial charge in [0.25, 0.3) is 11.8 Å². The van der Waals surface area contributed by atoms with E-state index in [0.717, 1.165) is 4.90 Å². The van der Waals surface area contributed by atoms with Crippen LogP contribution in [0.25, 0.3) is 0 Å². The summed E-state index contributed by atoms with van der Waals surface area (Å²) in [6.45, 7) is 1.39. The van der Waals surface area contributed by atoms with Gasteiger partial charge in [0.2, 0.25) is 11.8 Å². The molecule has 4 aliphatic rings. The molecule has 1 saturated carbocycles. The van der Waals surface area contributed by atoms with Gasteiger partial charge in [-0.25, -0.2) is 4.98 Å². The van der Waals surface area contributed by atoms with E-state index in [9.17, 15) is 37.5 Å². The number of pyridine rings is 1. The number of allylic oxidation sites excluding steroid dienone is 2. The molecule has 0 spiro atoms. The smallest absolute Gasteiger partial charge is 0.417 e. The summed E-state index contributed by atoms with van der Waals surface area (Å²) < 4.78 is 40.4. The molecule has 3 heterocycles. The van der Waals surface area contributed by atoms with E-state index in [-0.39, 0.29) is 40.6 Å². The summed E-state index contributed by atoms with van der Waals surface area (Å²) in [6, 6.07) is 17.2. The SMILES string of the molecule is CC(=O)c1ccc(N2C(=O)[C@H]3[C@H](CC=C4[C@H]3C[C@H]3C(=O)N(Nc5ncc(C(F)(F)F)cc5Cl)C(=O)[C@@]3(c3ccc(Cl)cc3)[C@H]4c3cc(Cl)ccc3O)C2=O)cc1. The van der Waals surface area contributed by atoms with Gasteiger partial charge in [0, 0.05) is 33.3 Å². The van der Waals surface area contributed by atoms with Crippen LogP contribution < -0.4 is 10.3 Å². The topological polar surface area (TPSA) is 137 Å². The van der Waals surface area contributed by atoms with E-state index >= 15 is 4.79 Å². The van der Waals surface area contributed by atoms with Gasteiger partial charge < -0.3 is 5.11 Å². The van der Waals surface area contributed by atoms with Crippen molar-refractivity contribution >= 4 is 75.7 Å². The predicted molar refractivity (Wildman–Crippen MR) is 199 cm³/mol. The third-order valence-electron chi connectivity index (χ3n) is 11.4. The van der Waals surface area contributed by atoms with Crippen molar-refractivity contribution in [1.82, 2.24) is 9.99 Å². The Kier molecular flexibility index (Phi) is 9.05. The van der Waals surface area contributed by atoms with Crippen LogP contribution in [-0.2, 0) is 30.8 Å². The molecule has 56 heavy (non-hydrogen) atoms. The van der Waals surface area contributed by atoms with Gasteiger partial charge in [-0.05, 0) is 91.9 Å². The van der Waals surface area contributed by atoms with Crippen LogP contribution in [0.2, 0.25) is 15.1 Å². The first kappa shape index (κ1) is 37.7. The van der Waals surface area contributed by atoms with Crippen molar-refractivity contribution in [3.63, 3.8) is 0 Å². The average molecular weight is 824 g/mol. The van der Waals surface area contributed by atoms with Crippen molar-refractivity contribution in [2.75, 3.05) is 10.3 Å². The quantitative estimate of drug-likeness (QED) is 0.113. The number of Topliss-reactive ketones (excluding diaryl/α,β-unsaturated/α-hetero) is 1. The molecule has 1 aromatic heterocycles. The third-order valence-corrected chi connectivity index (χ3v) is 12.2. The molecule has 16 heteroatoms. The highest BCUT2D eigenvalue weighted by Crippen LogP contribution is 2.65. The normalized spacial score (nSPS) is 25.8. The zero-order valence-corrected chi connectivity index (χ0v) is 31.2. The Bertz CT molecular complexity index is 2410. The van der Waals surface area contributed by atoms with E-state index in [2.05, 4.69) is 10.4 Å². The minimum atomic E-state index is -4.78. The molecule has 0 unspecified atom stereocenters. The first-order chi connectivity index (χ1) is 26.5. The number of hydrazine groups is 1. The highest BCUT2D eigenvalue weighted by molar-refractivity contribution is 6.33. The number of nitrogens with zero attached hydrogens (tertiary/aromatic N) is 3. The molecule has 4 aromatic rings. The second-order valence-electron chi connectivity index (χ2n) is 14.2. The predicted octanol–water partition coefficient (Wildman–Crippen LogP) is 8.16. The maximum absolute atomic E-state index is 15.3. The molecule has 4 amide bonds. The molecule has 0 radical (unpaired) electrons. The number of imide groups is 2. The van der Waals surface area contributed by atoms with Crippen LogP contribution in [0.1, 0.15) is 52.7 Å². The lowest BCUT2D eigenvalue weighted by Gasteiger charge is -2.50. The van der Waals surface area contributed by atoms with E-state index < -0.39 is 81.2 Å². The standard InChI is InChI=1S/C40H28Cl3F3N4O6/c1-18(51)19-2-9-24(10-3-19)49-35(53)26-12-11-25-27(32(26)37(49)55)16-29-36(54)50(48-34-30(43)14-21(17-47-34)40(44,45)46)38(56)39(29,20-4-6-22(41)7-5-20)33(25)28-15-23(42)8-13-31(28)52/h2-11,13-15,17,26-27,29,32-33,52H,12,16H2,1H3,(H,47,48)/t26-,27+,29-,32-,33+,39+/m0/s1. The van der Waals surface area contributed by atoms with Crippen LogP contribution >= 0.6 is 34.8 Å². The molecule has 286 valence electrons. The summed E-state index contributed by atoms with van der Waals surface area (Å²) >= 11 is 19.1. The summed E-state index contributed by atoms with van der Waals surface area (Å²) in [4.78, 5) is 75.4. The molecule has 2 aliphatic carbocycles. The lowest BCUT2D eigenvalue weighted by Crippen LogP contribution is -2.53. The zero-order chi connectivity index (χ0) is 40.0. The van der Waals surface area contributed by atoms with Crippen molar-refractivity contribution in [2.45, 2.75) is 37.3 Å². The van der Waals surface area contributed by atoms with Crippen LogP contribution in [0.4, 0.5) is 24.7 Å². The molecular formula is C40H28Cl3F3N4O6. The molecule has 2 N–H and O–H groups in total. The molecular weight excluding hydrogens is 796 g/mol. The Hall–Kier alpha value is -5.24. The summed E-state index contributed by atoms with van der Waals surface area (Å²) in [7, 11) is 0. The lowest BCUT2D eigenvalue weighted by molar-refractivity contribution is -0.139. The van der Waals surface area contributed by atoms with Gasteiger partial charge >= 0.3 is 6.18 Å². The van der Waals surface area contributed by atoms with Crippen molar-refractivity contribution in [1.29, 1.82) is 0 Å². The van der Waals surface area contributed by atoms with E-state index in [1.54, 1.807) is 18.2 Å². The van der Waals surface area contributed by atoms with Crippen LogP contribution in [0.15, 0.2) is 90.6 Å². The second-order valence-corrected chi connectivity index (χ2v) is 15.5. The Morgan fingerprint density at radius 2 is 1.57 bits per heavy atom. The van der Waals surface area contributed by atoms with Crippen molar-refractivity contribution < 1.29 is 42.3 Å². The third kappa shape index (κ3) is 5.69. The van der Waals surface area contributed by atoms with Crippen LogP contribution in [0.5, 0.6) is 5.75 Å². The fourth-order valence-electron chi connectivity index (χ4n) is 8.98. The number of nitrogens with one attached hydrogen (secondary N) is 1. The molecule has 2 aliphatic heterocycles. The maximum Gasteiger partial charge on any atom is 0.417 e. The molecule has 3 aromatic carbocycles. The van der Waals surface area contributed by atoms with Gasteiger partial charge in [-0.3, -0.25) is 34.3 Å². The number of phenols is 1. The summed E-state index contributed by atoms with van der Waals surface area (Å²) in [6.07, 6.45) is -2.53. The number of halogens is 6. The number of phenolic OH excluding ortho intramolecular Hbond substituents is 1. The molecule has 3 fully saturated rings. The van der Waals surface area contributed by atoms with E-state index in [0.29, 0.717) is 39.0 Å². The van der Waals surface area contributed by atoms with Gasteiger partial charge in [0.05, 0.1) is 39.4 Å². The highest BCUT2D eigenvalue weighted by Gasteiger charge is 2.70. The molecule has 8 rings (SSSR count). The first-order valence-corrected chi connectivity index (χ1v) is 18.5. The van der Waals surface area contributed by atoms with Gasteiger partial charge in [0.15, 0.2) is 11.6 Å².